The van der Waals surface area contributed by atoms with Gasteiger partial charge >= 0.3 is 6.18 Å². The van der Waals surface area contributed by atoms with E-state index in [-0.39, 0.29) is 36.8 Å². The molecule has 184 valence electrons. The van der Waals surface area contributed by atoms with Gasteiger partial charge in [-0.15, -0.1) is 15.7 Å². The molecule has 4 heterocycles. The number of hydrogen-bond acceptors (Lipinski definition) is 5. The first-order chi connectivity index (χ1) is 16.6. The highest BCUT2D eigenvalue weighted by Gasteiger charge is 2.47. The molecule has 2 atom stereocenters. The minimum atomic E-state index is -4.52. The lowest BCUT2D eigenvalue weighted by molar-refractivity contribution is -0.184. The SMILES string of the molecule is CCOc1cc2nc(-c3nnc4ccc([C@@H](N5CC[C@](C)([NH-])C5)C(F)(F)F)cn34)ccc2cc1F. The van der Waals surface area contributed by atoms with Crippen LogP contribution in [-0.4, -0.2) is 55.9 Å². The molecule has 4 aromatic rings. The van der Waals surface area contributed by atoms with Crippen molar-refractivity contribution in [3.63, 3.8) is 0 Å². The second kappa shape index (κ2) is 8.42. The highest BCUT2D eigenvalue weighted by molar-refractivity contribution is 5.82. The number of fused-ring (bicyclic) bond motifs is 2. The zero-order valence-corrected chi connectivity index (χ0v) is 19.1. The highest BCUT2D eigenvalue weighted by Crippen LogP contribution is 2.42. The number of pyridine rings is 2. The summed E-state index contributed by atoms with van der Waals surface area (Å²) in [6.07, 6.45) is -2.78. The Bertz CT molecular complexity index is 1400. The zero-order valence-electron chi connectivity index (χ0n) is 19.1. The molecular formula is C24H23F4N6O-. The summed E-state index contributed by atoms with van der Waals surface area (Å²) < 4.78 is 63.5. The van der Waals surface area contributed by atoms with Crippen molar-refractivity contribution < 1.29 is 22.3 Å². The fraction of sp³-hybridized carbons (Fsp3) is 0.375. The molecule has 1 aromatic carbocycles. The van der Waals surface area contributed by atoms with Gasteiger partial charge in [-0.1, -0.05) is 25.5 Å². The summed E-state index contributed by atoms with van der Waals surface area (Å²) >= 11 is 0. The minimum Gasteiger partial charge on any atom is -0.671 e. The summed E-state index contributed by atoms with van der Waals surface area (Å²) in [5.74, 6) is -0.174. The van der Waals surface area contributed by atoms with E-state index in [1.807, 2.05) is 0 Å². The molecule has 0 unspecified atom stereocenters. The average Bonchev–Trinajstić information content (AvgIpc) is 3.36. The van der Waals surface area contributed by atoms with Crippen LogP contribution >= 0.6 is 0 Å². The van der Waals surface area contributed by atoms with Crippen LogP contribution in [0.2, 0.25) is 0 Å². The van der Waals surface area contributed by atoms with Crippen molar-refractivity contribution in [1.82, 2.24) is 24.5 Å². The fourth-order valence-electron chi connectivity index (χ4n) is 4.58. The lowest BCUT2D eigenvalue weighted by Crippen LogP contribution is -2.38. The molecule has 0 aliphatic carbocycles. The molecule has 1 fully saturated rings. The quantitative estimate of drug-likeness (QED) is 0.342. The summed E-state index contributed by atoms with van der Waals surface area (Å²) in [4.78, 5) is 5.85. The van der Waals surface area contributed by atoms with E-state index in [1.54, 1.807) is 26.0 Å². The lowest BCUT2D eigenvalue weighted by atomic mass is 10.0. The first-order valence-electron chi connectivity index (χ1n) is 11.2. The summed E-state index contributed by atoms with van der Waals surface area (Å²) in [5, 5.41) is 8.78. The second-order valence-electron chi connectivity index (χ2n) is 9.04. The predicted octanol–water partition coefficient (Wildman–Crippen LogP) is 5.60. The largest absolute Gasteiger partial charge is 0.671 e. The highest BCUT2D eigenvalue weighted by atomic mass is 19.4. The summed E-state index contributed by atoms with van der Waals surface area (Å²) in [6.45, 7) is 3.89. The van der Waals surface area contributed by atoms with Crippen LogP contribution in [0.15, 0.2) is 42.6 Å². The lowest BCUT2D eigenvalue weighted by Gasteiger charge is -2.34. The Hall–Kier alpha value is -3.31. The molecule has 35 heavy (non-hydrogen) atoms. The number of ether oxygens (including phenoxy) is 1. The molecule has 11 heteroatoms. The zero-order chi connectivity index (χ0) is 25.0. The van der Waals surface area contributed by atoms with Crippen molar-refractivity contribution in [2.75, 3.05) is 19.7 Å². The first-order valence-corrected chi connectivity index (χ1v) is 11.2. The third-order valence-corrected chi connectivity index (χ3v) is 6.19. The Morgan fingerprint density at radius 3 is 2.66 bits per heavy atom. The Kier molecular flexibility index (Phi) is 5.64. The van der Waals surface area contributed by atoms with Crippen LogP contribution in [0.3, 0.4) is 0 Å². The van der Waals surface area contributed by atoms with E-state index in [4.69, 9.17) is 10.5 Å². The van der Waals surface area contributed by atoms with Gasteiger partial charge in [-0.2, -0.15) is 13.2 Å². The van der Waals surface area contributed by atoms with Crippen molar-refractivity contribution in [2.45, 2.75) is 38.0 Å². The molecule has 0 bridgehead atoms. The molecule has 0 amide bonds. The van der Waals surface area contributed by atoms with E-state index in [0.717, 1.165) is 0 Å². The molecular weight excluding hydrogens is 464 g/mol. The van der Waals surface area contributed by atoms with E-state index in [1.165, 1.54) is 39.8 Å². The van der Waals surface area contributed by atoms with Crippen molar-refractivity contribution in [2.24, 2.45) is 0 Å². The van der Waals surface area contributed by atoms with Crippen LogP contribution in [0, 0.1) is 5.82 Å². The molecule has 1 aliphatic heterocycles. The molecule has 0 radical (unpaired) electrons. The van der Waals surface area contributed by atoms with Gasteiger partial charge in [0.25, 0.3) is 0 Å². The fourth-order valence-corrected chi connectivity index (χ4v) is 4.58. The molecule has 3 aromatic heterocycles. The van der Waals surface area contributed by atoms with Crippen LogP contribution in [-0.2, 0) is 0 Å². The summed E-state index contributed by atoms with van der Waals surface area (Å²) in [6, 6.07) is 7.13. The van der Waals surface area contributed by atoms with E-state index in [2.05, 4.69) is 15.2 Å². The number of nitrogens with one attached hydrogen (secondary N) is 1. The van der Waals surface area contributed by atoms with Crippen LogP contribution in [0.25, 0.3) is 33.8 Å². The van der Waals surface area contributed by atoms with Gasteiger partial charge in [-0.05, 0) is 43.8 Å². The number of nitrogens with zero attached hydrogens (tertiary/aromatic N) is 5. The van der Waals surface area contributed by atoms with Crippen molar-refractivity contribution >= 4 is 16.6 Å². The number of halogens is 4. The maximum Gasteiger partial charge on any atom is 0.408 e. The number of hydrogen-bond donors (Lipinski definition) is 0. The maximum absolute atomic E-state index is 14.2. The second-order valence-corrected chi connectivity index (χ2v) is 9.04. The normalized spacial score (nSPS) is 20.1. The number of aromatic nitrogens is 4. The molecule has 1 saturated heterocycles. The Labute approximate surface area is 198 Å². The van der Waals surface area contributed by atoms with Gasteiger partial charge < -0.3 is 10.5 Å². The van der Waals surface area contributed by atoms with E-state index in [0.29, 0.717) is 28.7 Å². The van der Waals surface area contributed by atoms with Crippen LogP contribution in [0.4, 0.5) is 17.6 Å². The van der Waals surface area contributed by atoms with Gasteiger partial charge in [0.05, 0.1) is 12.1 Å². The third-order valence-electron chi connectivity index (χ3n) is 6.19. The number of alkyl halides is 3. The summed E-state index contributed by atoms with van der Waals surface area (Å²) in [5.41, 5.74) is 8.48. The monoisotopic (exact) mass is 487 g/mol. The molecule has 0 saturated carbocycles. The van der Waals surface area contributed by atoms with E-state index >= 15 is 0 Å². The van der Waals surface area contributed by atoms with Crippen LogP contribution in [0.5, 0.6) is 5.75 Å². The molecule has 5 rings (SSSR count). The van der Waals surface area contributed by atoms with E-state index < -0.39 is 23.6 Å². The van der Waals surface area contributed by atoms with Crippen molar-refractivity contribution in [3.8, 4) is 17.3 Å². The van der Waals surface area contributed by atoms with Gasteiger partial charge in [-0.3, -0.25) is 9.30 Å². The Balaban J connectivity index is 1.58. The number of rotatable bonds is 5. The number of benzene rings is 1. The van der Waals surface area contributed by atoms with Gasteiger partial charge in [0.1, 0.15) is 11.7 Å². The molecule has 7 nitrogen and oxygen atoms in total. The Morgan fingerprint density at radius 1 is 1.17 bits per heavy atom. The van der Waals surface area contributed by atoms with Crippen LogP contribution < -0.4 is 4.74 Å². The van der Waals surface area contributed by atoms with Gasteiger partial charge in [0.2, 0.25) is 0 Å². The molecule has 1 aliphatic rings. The standard InChI is InChI=1S/C24H23F4N6O/c1-3-35-19-11-18-14(10-16(19)25)4-6-17(30-18)22-32-31-20-7-5-15(12-34(20)22)21(24(26,27)28)33-9-8-23(2,29)13-33/h4-7,10-12,21,29H,3,8-9,13H2,1-2H3/q-1/t21-,23+/m1/s1. The predicted molar refractivity (Wildman–Crippen MR) is 123 cm³/mol. The topological polar surface area (TPSA) is 79.4 Å². The smallest absolute Gasteiger partial charge is 0.408 e. The average molecular weight is 487 g/mol. The summed E-state index contributed by atoms with van der Waals surface area (Å²) in [7, 11) is 0. The minimum absolute atomic E-state index is 0.0230. The Morgan fingerprint density at radius 2 is 1.97 bits per heavy atom. The third kappa shape index (κ3) is 4.41. The van der Waals surface area contributed by atoms with Crippen molar-refractivity contribution in [3.05, 3.63) is 59.7 Å². The van der Waals surface area contributed by atoms with Crippen LogP contribution in [0.1, 0.15) is 31.9 Å². The molecule has 0 spiro atoms. The maximum atomic E-state index is 14.2. The van der Waals surface area contributed by atoms with Crippen molar-refractivity contribution in [1.29, 1.82) is 0 Å². The van der Waals surface area contributed by atoms with Gasteiger partial charge in [-0.25, -0.2) is 9.37 Å². The van der Waals surface area contributed by atoms with Gasteiger partial charge in [0.15, 0.2) is 23.0 Å². The van der Waals surface area contributed by atoms with Gasteiger partial charge in [0, 0.05) is 17.6 Å². The van der Waals surface area contributed by atoms with E-state index in [9.17, 15) is 17.6 Å². The first kappa shape index (κ1) is 23.4. The molecule has 1 N–H and O–H groups in total. The number of likely N-dealkylation sites (tertiary alicyclic amines) is 1.